The Morgan fingerprint density at radius 2 is 1.43 bits per heavy atom. The monoisotopic (exact) mass is 384 g/mol. The molecule has 0 aromatic heterocycles. The number of carbonyl (C=O) groups is 1. The van der Waals surface area contributed by atoms with Gasteiger partial charge in [-0.25, -0.2) is 4.99 Å². The fraction of sp³-hybridized carbons (Fsp3) is 0.333. The summed E-state index contributed by atoms with van der Waals surface area (Å²) in [7, 11) is 3.26. The lowest BCUT2D eigenvalue weighted by Gasteiger charge is -2.12. The number of nitrogens with one attached hydrogen (secondary N) is 3. The molecule has 7 heteroatoms. The third kappa shape index (κ3) is 7.19. The average molecular weight is 384 g/mol. The number of nitrogens with zero attached hydrogens (tertiary/aromatic N) is 1. The lowest BCUT2D eigenvalue weighted by molar-refractivity contribution is -0.120. The highest BCUT2D eigenvalue weighted by Gasteiger charge is 2.04. The van der Waals surface area contributed by atoms with Gasteiger partial charge < -0.3 is 25.4 Å². The van der Waals surface area contributed by atoms with Crippen molar-refractivity contribution in [3.63, 3.8) is 0 Å². The number of amides is 1. The van der Waals surface area contributed by atoms with Gasteiger partial charge in [-0.1, -0.05) is 24.3 Å². The van der Waals surface area contributed by atoms with Crippen LogP contribution in [0.5, 0.6) is 11.5 Å². The molecule has 3 N–H and O–H groups in total. The van der Waals surface area contributed by atoms with Crippen LogP contribution in [0.15, 0.2) is 53.5 Å². The van der Waals surface area contributed by atoms with Crippen molar-refractivity contribution in [3.05, 3.63) is 59.7 Å². The highest BCUT2D eigenvalue weighted by molar-refractivity contribution is 5.86. The Hall–Kier alpha value is -3.22. The molecule has 150 valence electrons. The molecule has 28 heavy (non-hydrogen) atoms. The van der Waals surface area contributed by atoms with Crippen molar-refractivity contribution in [2.75, 3.05) is 27.3 Å². The molecule has 0 fully saturated rings. The summed E-state index contributed by atoms with van der Waals surface area (Å²) >= 11 is 0. The summed E-state index contributed by atoms with van der Waals surface area (Å²) in [5.74, 6) is 2.09. The maximum Gasteiger partial charge on any atom is 0.239 e. The highest BCUT2D eigenvalue weighted by atomic mass is 16.5. The predicted octanol–water partition coefficient (Wildman–Crippen LogP) is 2.08. The van der Waals surface area contributed by atoms with Gasteiger partial charge in [-0.3, -0.25) is 4.79 Å². The van der Waals surface area contributed by atoms with Crippen molar-refractivity contribution in [2.45, 2.75) is 20.0 Å². The minimum absolute atomic E-state index is 0.106. The lowest BCUT2D eigenvalue weighted by Crippen LogP contribution is -2.43. The molecular formula is C21H28N4O3. The summed E-state index contributed by atoms with van der Waals surface area (Å²) in [6.07, 6.45) is 0. The van der Waals surface area contributed by atoms with E-state index in [2.05, 4.69) is 20.9 Å². The molecule has 0 saturated carbocycles. The zero-order valence-corrected chi connectivity index (χ0v) is 16.6. The second-order valence-corrected chi connectivity index (χ2v) is 6.02. The number of methoxy groups -OCH3 is 2. The number of guanidine groups is 1. The van der Waals surface area contributed by atoms with Crippen molar-refractivity contribution in [1.82, 2.24) is 16.0 Å². The van der Waals surface area contributed by atoms with E-state index in [1.807, 2.05) is 55.5 Å². The van der Waals surface area contributed by atoms with E-state index in [1.54, 1.807) is 14.2 Å². The van der Waals surface area contributed by atoms with E-state index in [1.165, 1.54) is 0 Å². The first-order valence-electron chi connectivity index (χ1n) is 9.19. The van der Waals surface area contributed by atoms with E-state index in [4.69, 9.17) is 9.47 Å². The second-order valence-electron chi connectivity index (χ2n) is 6.02. The van der Waals surface area contributed by atoms with Gasteiger partial charge in [0.25, 0.3) is 0 Å². The molecule has 7 nitrogen and oxygen atoms in total. The Balaban J connectivity index is 1.80. The molecule has 0 aliphatic heterocycles. The largest absolute Gasteiger partial charge is 0.497 e. The number of aliphatic imine (C=N–C) groups is 1. The number of rotatable bonds is 9. The Labute approximate surface area is 166 Å². The van der Waals surface area contributed by atoms with E-state index in [0.29, 0.717) is 25.6 Å². The molecule has 0 spiro atoms. The quantitative estimate of drug-likeness (QED) is 0.455. The summed E-state index contributed by atoms with van der Waals surface area (Å²) in [6.45, 7) is 3.80. The van der Waals surface area contributed by atoms with Crippen LogP contribution in [0.2, 0.25) is 0 Å². The maximum absolute atomic E-state index is 12.1. The molecule has 2 aromatic rings. The minimum atomic E-state index is -0.106. The van der Waals surface area contributed by atoms with E-state index < -0.39 is 0 Å². The average Bonchev–Trinajstić information content (AvgIpc) is 2.75. The number of ether oxygens (including phenoxy) is 2. The Kier molecular flexibility index (Phi) is 8.65. The first kappa shape index (κ1) is 21.1. The Morgan fingerprint density at radius 1 is 0.857 bits per heavy atom. The summed E-state index contributed by atoms with van der Waals surface area (Å²) < 4.78 is 10.3. The molecule has 0 radical (unpaired) electrons. The number of carbonyl (C=O) groups excluding carboxylic acids is 1. The van der Waals surface area contributed by atoms with Gasteiger partial charge in [0.15, 0.2) is 5.96 Å². The van der Waals surface area contributed by atoms with Gasteiger partial charge in [-0.2, -0.15) is 0 Å². The molecule has 2 rings (SSSR count). The van der Waals surface area contributed by atoms with Crippen molar-refractivity contribution in [1.29, 1.82) is 0 Å². The third-order valence-electron chi connectivity index (χ3n) is 3.99. The molecule has 0 aliphatic carbocycles. The lowest BCUT2D eigenvalue weighted by atomic mass is 10.2. The molecule has 2 aromatic carbocycles. The van der Waals surface area contributed by atoms with Gasteiger partial charge in [0, 0.05) is 13.1 Å². The van der Waals surface area contributed by atoms with E-state index in [9.17, 15) is 4.79 Å². The summed E-state index contributed by atoms with van der Waals surface area (Å²) in [5, 5.41) is 9.07. The number of hydrogen-bond donors (Lipinski definition) is 3. The summed E-state index contributed by atoms with van der Waals surface area (Å²) in [6, 6.07) is 15.3. The topological polar surface area (TPSA) is 84.0 Å². The predicted molar refractivity (Wildman–Crippen MR) is 111 cm³/mol. The first-order chi connectivity index (χ1) is 13.6. The number of benzene rings is 2. The number of hydrogen-bond acceptors (Lipinski definition) is 4. The fourth-order valence-corrected chi connectivity index (χ4v) is 2.41. The molecule has 0 atom stereocenters. The minimum Gasteiger partial charge on any atom is -0.497 e. The van der Waals surface area contributed by atoms with Gasteiger partial charge in [-0.05, 0) is 42.3 Å². The molecule has 0 unspecified atom stereocenters. The van der Waals surface area contributed by atoms with Crippen LogP contribution in [0.4, 0.5) is 0 Å². The maximum atomic E-state index is 12.1. The molecule has 0 aliphatic rings. The standard InChI is InChI=1S/C21H28N4O3/c1-4-22-21(24-14-17-7-11-19(28-3)12-8-17)25-15-20(26)23-13-16-5-9-18(27-2)10-6-16/h5-12H,4,13-15H2,1-3H3,(H,23,26)(H2,22,24,25). The molecule has 0 heterocycles. The highest BCUT2D eigenvalue weighted by Crippen LogP contribution is 2.12. The van der Waals surface area contributed by atoms with Crippen LogP contribution in [0.3, 0.4) is 0 Å². The van der Waals surface area contributed by atoms with Crippen molar-refractivity contribution < 1.29 is 14.3 Å². The van der Waals surface area contributed by atoms with Gasteiger partial charge in [0.2, 0.25) is 5.91 Å². The fourth-order valence-electron chi connectivity index (χ4n) is 2.41. The van der Waals surface area contributed by atoms with Crippen LogP contribution in [0.25, 0.3) is 0 Å². The van der Waals surface area contributed by atoms with Gasteiger partial charge in [-0.15, -0.1) is 0 Å². The van der Waals surface area contributed by atoms with Gasteiger partial charge in [0.05, 0.1) is 27.3 Å². The summed E-state index contributed by atoms with van der Waals surface area (Å²) in [4.78, 5) is 16.6. The molecule has 0 bridgehead atoms. The van der Waals surface area contributed by atoms with Crippen molar-refractivity contribution in [2.24, 2.45) is 4.99 Å². The van der Waals surface area contributed by atoms with Crippen molar-refractivity contribution in [3.8, 4) is 11.5 Å². The van der Waals surface area contributed by atoms with Crippen LogP contribution in [0.1, 0.15) is 18.1 Å². The molecule has 1 amide bonds. The van der Waals surface area contributed by atoms with E-state index >= 15 is 0 Å². The SMILES string of the molecule is CCNC(=NCc1ccc(OC)cc1)NCC(=O)NCc1ccc(OC)cc1. The van der Waals surface area contributed by atoms with Crippen LogP contribution in [-0.2, 0) is 17.9 Å². The zero-order valence-electron chi connectivity index (χ0n) is 16.6. The van der Waals surface area contributed by atoms with E-state index in [-0.39, 0.29) is 12.5 Å². The smallest absolute Gasteiger partial charge is 0.239 e. The van der Waals surface area contributed by atoms with Crippen LogP contribution in [-0.4, -0.2) is 39.2 Å². The van der Waals surface area contributed by atoms with Gasteiger partial charge >= 0.3 is 0 Å². The normalized spacial score (nSPS) is 10.9. The molecular weight excluding hydrogens is 356 g/mol. The van der Waals surface area contributed by atoms with Crippen molar-refractivity contribution >= 4 is 11.9 Å². The van der Waals surface area contributed by atoms with Crippen LogP contribution >= 0.6 is 0 Å². The first-order valence-corrected chi connectivity index (χ1v) is 9.19. The molecule has 0 saturated heterocycles. The second kappa shape index (κ2) is 11.5. The summed E-state index contributed by atoms with van der Waals surface area (Å²) in [5.41, 5.74) is 2.07. The third-order valence-corrected chi connectivity index (χ3v) is 3.99. The zero-order chi connectivity index (χ0) is 20.2. The van der Waals surface area contributed by atoms with Gasteiger partial charge in [0.1, 0.15) is 11.5 Å². The van der Waals surface area contributed by atoms with Crippen LogP contribution < -0.4 is 25.4 Å². The Bertz CT molecular complexity index is 758. The van der Waals surface area contributed by atoms with Crippen LogP contribution in [0, 0.1) is 0 Å². The van der Waals surface area contributed by atoms with E-state index in [0.717, 1.165) is 22.6 Å². The Morgan fingerprint density at radius 3 is 1.96 bits per heavy atom.